The van der Waals surface area contributed by atoms with E-state index in [4.69, 9.17) is 0 Å². The molecular weight excluding hydrogens is 285 g/mol. The maximum absolute atomic E-state index is 13.5. The summed E-state index contributed by atoms with van der Waals surface area (Å²) in [6, 6.07) is 8.73. The highest BCUT2D eigenvalue weighted by atomic mass is 32.1. The van der Waals surface area contributed by atoms with Crippen LogP contribution in [-0.4, -0.2) is 16.5 Å². The Bertz CT molecular complexity index is 782. The van der Waals surface area contributed by atoms with Crippen LogP contribution in [0, 0.1) is 5.82 Å². The number of rotatable bonds is 4. The first-order chi connectivity index (χ1) is 10.2. The first-order valence-corrected chi connectivity index (χ1v) is 7.83. The van der Waals surface area contributed by atoms with Crippen LogP contribution in [0.4, 0.5) is 10.2 Å². The Hall–Kier alpha value is -2.01. The molecule has 0 fully saturated rings. The molecule has 0 aliphatic heterocycles. The molecule has 0 unspecified atom stereocenters. The lowest BCUT2D eigenvalue weighted by atomic mass is 10.2. The van der Waals surface area contributed by atoms with E-state index < -0.39 is 0 Å². The molecule has 0 aliphatic rings. The molecule has 21 heavy (non-hydrogen) atoms. The zero-order valence-corrected chi connectivity index (χ0v) is 12.8. The van der Waals surface area contributed by atoms with Crippen molar-refractivity contribution in [2.45, 2.75) is 20.3 Å². The van der Waals surface area contributed by atoms with Crippen molar-refractivity contribution in [3.63, 3.8) is 0 Å². The van der Waals surface area contributed by atoms with E-state index in [1.165, 1.54) is 17.0 Å². The largest absolute Gasteiger partial charge is 0.370 e. The minimum Gasteiger partial charge on any atom is -0.370 e. The Balaban J connectivity index is 2.18. The molecule has 0 radical (unpaired) electrons. The summed E-state index contributed by atoms with van der Waals surface area (Å²) in [7, 11) is 0. The van der Waals surface area contributed by atoms with E-state index >= 15 is 0 Å². The van der Waals surface area contributed by atoms with Gasteiger partial charge in [0.1, 0.15) is 11.6 Å². The molecule has 2 heterocycles. The van der Waals surface area contributed by atoms with Crippen LogP contribution >= 0.6 is 11.3 Å². The van der Waals surface area contributed by atoms with Crippen LogP contribution in [0.3, 0.4) is 0 Å². The van der Waals surface area contributed by atoms with Gasteiger partial charge in [0.25, 0.3) is 0 Å². The van der Waals surface area contributed by atoms with Gasteiger partial charge < -0.3 is 5.32 Å². The molecule has 0 saturated heterocycles. The van der Waals surface area contributed by atoms with E-state index in [9.17, 15) is 4.39 Å². The van der Waals surface area contributed by atoms with E-state index in [0.29, 0.717) is 11.3 Å². The van der Waals surface area contributed by atoms with Crippen LogP contribution in [0.15, 0.2) is 30.3 Å². The SMILES string of the molecule is CCNc1nc(-c2ccc(CC)s2)nc2cc(F)ccc12. The lowest BCUT2D eigenvalue weighted by Crippen LogP contribution is -2.02. The minimum absolute atomic E-state index is 0.282. The van der Waals surface area contributed by atoms with Gasteiger partial charge in [0, 0.05) is 22.9 Å². The van der Waals surface area contributed by atoms with Crippen LogP contribution in [-0.2, 0) is 6.42 Å². The highest BCUT2D eigenvalue weighted by molar-refractivity contribution is 7.15. The van der Waals surface area contributed by atoms with Crippen LogP contribution in [0.25, 0.3) is 21.6 Å². The molecule has 0 spiro atoms. The Morgan fingerprint density at radius 2 is 2.00 bits per heavy atom. The lowest BCUT2D eigenvalue weighted by molar-refractivity contribution is 0.629. The summed E-state index contributed by atoms with van der Waals surface area (Å²) >= 11 is 1.68. The average Bonchev–Trinajstić information content (AvgIpc) is 2.96. The predicted octanol–water partition coefficient (Wildman–Crippen LogP) is 4.49. The summed E-state index contributed by atoms with van der Waals surface area (Å²) in [6.45, 7) is 4.89. The van der Waals surface area contributed by atoms with Gasteiger partial charge in [-0.1, -0.05) is 6.92 Å². The number of nitrogens with one attached hydrogen (secondary N) is 1. The van der Waals surface area contributed by atoms with Crippen molar-refractivity contribution in [3.8, 4) is 10.7 Å². The summed E-state index contributed by atoms with van der Waals surface area (Å²) in [5, 5.41) is 4.07. The van der Waals surface area contributed by atoms with Crippen molar-refractivity contribution in [1.29, 1.82) is 0 Å². The number of thiophene rings is 1. The maximum atomic E-state index is 13.5. The summed E-state index contributed by atoms with van der Waals surface area (Å²) in [6.07, 6.45) is 0.993. The predicted molar refractivity (Wildman–Crippen MR) is 86.4 cm³/mol. The second kappa shape index (κ2) is 5.77. The quantitative estimate of drug-likeness (QED) is 0.771. The van der Waals surface area contributed by atoms with E-state index in [1.54, 1.807) is 17.4 Å². The lowest BCUT2D eigenvalue weighted by Gasteiger charge is -2.08. The summed E-state index contributed by atoms with van der Waals surface area (Å²) < 4.78 is 13.5. The van der Waals surface area contributed by atoms with Crippen molar-refractivity contribution < 1.29 is 4.39 Å². The van der Waals surface area contributed by atoms with Crippen molar-refractivity contribution in [1.82, 2.24) is 9.97 Å². The van der Waals surface area contributed by atoms with Crippen molar-refractivity contribution >= 4 is 28.1 Å². The molecule has 1 aromatic carbocycles. The monoisotopic (exact) mass is 301 g/mol. The number of halogens is 1. The topological polar surface area (TPSA) is 37.8 Å². The molecule has 2 aromatic heterocycles. The third kappa shape index (κ3) is 2.74. The van der Waals surface area contributed by atoms with Gasteiger partial charge >= 0.3 is 0 Å². The number of aromatic nitrogens is 2. The van der Waals surface area contributed by atoms with Crippen LogP contribution in [0.2, 0.25) is 0 Å². The fraction of sp³-hybridized carbons (Fsp3) is 0.250. The Kier molecular flexibility index (Phi) is 3.84. The minimum atomic E-state index is -0.282. The van der Waals surface area contributed by atoms with Crippen LogP contribution in [0.5, 0.6) is 0 Å². The molecule has 108 valence electrons. The Morgan fingerprint density at radius 1 is 1.14 bits per heavy atom. The molecule has 3 rings (SSSR count). The second-order valence-electron chi connectivity index (χ2n) is 4.71. The third-order valence-corrected chi connectivity index (χ3v) is 4.46. The number of hydrogen-bond donors (Lipinski definition) is 1. The third-order valence-electron chi connectivity index (χ3n) is 3.23. The van der Waals surface area contributed by atoms with Gasteiger partial charge in [0.05, 0.1) is 10.4 Å². The fourth-order valence-corrected chi connectivity index (χ4v) is 3.08. The number of fused-ring (bicyclic) bond motifs is 1. The molecule has 5 heteroatoms. The first-order valence-electron chi connectivity index (χ1n) is 7.01. The van der Waals surface area contributed by atoms with Gasteiger partial charge in [0.2, 0.25) is 0 Å². The number of nitrogens with zero attached hydrogens (tertiary/aromatic N) is 2. The number of benzene rings is 1. The van der Waals surface area contributed by atoms with E-state index in [2.05, 4.69) is 28.3 Å². The number of anilines is 1. The highest BCUT2D eigenvalue weighted by Gasteiger charge is 2.11. The molecule has 0 amide bonds. The van der Waals surface area contributed by atoms with Crippen molar-refractivity contribution in [2.24, 2.45) is 0 Å². The molecule has 1 N–H and O–H groups in total. The normalized spacial score (nSPS) is 11.0. The van der Waals surface area contributed by atoms with Gasteiger partial charge in [-0.05, 0) is 37.6 Å². The number of aryl methyl sites for hydroxylation is 1. The molecule has 3 aromatic rings. The maximum Gasteiger partial charge on any atom is 0.172 e. The zero-order valence-electron chi connectivity index (χ0n) is 12.0. The van der Waals surface area contributed by atoms with Crippen molar-refractivity contribution in [3.05, 3.63) is 41.0 Å². The highest BCUT2D eigenvalue weighted by Crippen LogP contribution is 2.30. The van der Waals surface area contributed by atoms with Crippen LogP contribution in [0.1, 0.15) is 18.7 Å². The Morgan fingerprint density at radius 3 is 2.71 bits per heavy atom. The standard InChI is InChI=1S/C16H16FN3S/c1-3-11-6-8-14(21-11)16-19-13-9-10(17)5-7-12(13)15(20-16)18-4-2/h5-9H,3-4H2,1-2H3,(H,18,19,20). The van der Waals surface area contributed by atoms with E-state index in [0.717, 1.165) is 29.0 Å². The van der Waals surface area contributed by atoms with Crippen LogP contribution < -0.4 is 5.32 Å². The zero-order chi connectivity index (χ0) is 14.8. The van der Waals surface area contributed by atoms with Crippen molar-refractivity contribution in [2.75, 3.05) is 11.9 Å². The molecule has 3 nitrogen and oxygen atoms in total. The summed E-state index contributed by atoms with van der Waals surface area (Å²) in [5.41, 5.74) is 0.627. The van der Waals surface area contributed by atoms with Gasteiger partial charge in [-0.25, -0.2) is 14.4 Å². The molecular formula is C16H16FN3S. The molecule has 0 atom stereocenters. The summed E-state index contributed by atoms with van der Waals surface area (Å²) in [4.78, 5) is 11.4. The van der Waals surface area contributed by atoms with Gasteiger partial charge in [-0.15, -0.1) is 11.3 Å². The second-order valence-corrected chi connectivity index (χ2v) is 5.88. The van der Waals surface area contributed by atoms with Gasteiger partial charge in [-0.3, -0.25) is 0 Å². The summed E-state index contributed by atoms with van der Waals surface area (Å²) in [5.74, 6) is 1.12. The first kappa shape index (κ1) is 13.9. The van der Waals surface area contributed by atoms with E-state index in [1.807, 2.05) is 13.0 Å². The Labute approximate surface area is 126 Å². The average molecular weight is 301 g/mol. The molecule has 0 bridgehead atoms. The molecule has 0 saturated carbocycles. The van der Waals surface area contributed by atoms with E-state index in [-0.39, 0.29) is 5.82 Å². The van der Waals surface area contributed by atoms with Gasteiger partial charge in [0.15, 0.2) is 5.82 Å². The molecule has 0 aliphatic carbocycles. The fourth-order valence-electron chi connectivity index (χ4n) is 2.20. The van der Waals surface area contributed by atoms with Gasteiger partial charge in [-0.2, -0.15) is 0 Å². The smallest absolute Gasteiger partial charge is 0.172 e. The number of hydrogen-bond acceptors (Lipinski definition) is 4.